The predicted octanol–water partition coefficient (Wildman–Crippen LogP) is -0.0197. The Labute approximate surface area is 109 Å². The molecule has 0 aliphatic carbocycles. The van der Waals surface area contributed by atoms with E-state index in [0.717, 1.165) is 39.3 Å². The molecule has 3 N–H and O–H groups in total. The highest BCUT2D eigenvalue weighted by Gasteiger charge is 2.14. The molecule has 6 nitrogen and oxygen atoms in total. The number of methoxy groups -OCH3 is 1. The zero-order valence-corrected chi connectivity index (χ0v) is 11.2. The summed E-state index contributed by atoms with van der Waals surface area (Å²) in [5.74, 6) is 1.05. The quantitative estimate of drug-likeness (QED) is 0.346. The van der Waals surface area contributed by atoms with Crippen LogP contribution in [0.2, 0.25) is 0 Å². The van der Waals surface area contributed by atoms with Crippen LogP contribution in [0.3, 0.4) is 0 Å². The van der Waals surface area contributed by atoms with Gasteiger partial charge in [-0.3, -0.25) is 4.99 Å². The van der Waals surface area contributed by atoms with Gasteiger partial charge in [-0.2, -0.15) is 0 Å². The molecular formula is C12H25N3O3. The van der Waals surface area contributed by atoms with Crippen LogP contribution in [0.25, 0.3) is 0 Å². The molecule has 0 saturated carbocycles. The second kappa shape index (κ2) is 10.1. The van der Waals surface area contributed by atoms with E-state index < -0.39 is 0 Å². The summed E-state index contributed by atoms with van der Waals surface area (Å²) in [7, 11) is 1.65. The maximum atomic E-state index is 5.65. The zero-order chi connectivity index (χ0) is 13.1. The first-order valence-electron chi connectivity index (χ1n) is 6.51. The van der Waals surface area contributed by atoms with Gasteiger partial charge in [0.2, 0.25) is 0 Å². The molecule has 1 fully saturated rings. The SMILES string of the molecule is COCCNC(N)=NCCCOCC1CCOC1. The average Bonchev–Trinajstić information content (AvgIpc) is 2.87. The minimum Gasteiger partial charge on any atom is -0.383 e. The van der Waals surface area contributed by atoms with Crippen molar-refractivity contribution in [3.8, 4) is 0 Å². The number of nitrogens with one attached hydrogen (secondary N) is 1. The van der Waals surface area contributed by atoms with Crippen LogP contribution >= 0.6 is 0 Å². The van der Waals surface area contributed by atoms with Gasteiger partial charge in [-0.15, -0.1) is 0 Å². The second-order valence-corrected chi connectivity index (χ2v) is 4.34. The van der Waals surface area contributed by atoms with E-state index >= 15 is 0 Å². The number of rotatable bonds is 9. The van der Waals surface area contributed by atoms with E-state index in [1.807, 2.05) is 0 Å². The number of hydrogen-bond donors (Lipinski definition) is 2. The van der Waals surface area contributed by atoms with Gasteiger partial charge in [0.15, 0.2) is 5.96 Å². The average molecular weight is 259 g/mol. The molecule has 0 aromatic heterocycles. The maximum absolute atomic E-state index is 5.65. The van der Waals surface area contributed by atoms with Gasteiger partial charge in [0.25, 0.3) is 0 Å². The van der Waals surface area contributed by atoms with Crippen LogP contribution < -0.4 is 11.1 Å². The van der Waals surface area contributed by atoms with Gasteiger partial charge in [0, 0.05) is 39.3 Å². The molecule has 106 valence electrons. The fourth-order valence-electron chi connectivity index (χ4n) is 1.67. The van der Waals surface area contributed by atoms with Crippen molar-refractivity contribution in [3.63, 3.8) is 0 Å². The predicted molar refractivity (Wildman–Crippen MR) is 70.7 cm³/mol. The van der Waals surface area contributed by atoms with Crippen LogP contribution in [0, 0.1) is 5.92 Å². The molecule has 0 amide bonds. The van der Waals surface area contributed by atoms with Crippen molar-refractivity contribution in [2.75, 3.05) is 53.2 Å². The van der Waals surface area contributed by atoms with Crippen molar-refractivity contribution < 1.29 is 14.2 Å². The summed E-state index contributed by atoms with van der Waals surface area (Å²) in [6.45, 7) is 5.24. The van der Waals surface area contributed by atoms with Crippen LogP contribution in [0.1, 0.15) is 12.8 Å². The number of nitrogens with zero attached hydrogens (tertiary/aromatic N) is 1. The van der Waals surface area contributed by atoms with Crippen molar-refractivity contribution in [2.45, 2.75) is 12.8 Å². The summed E-state index contributed by atoms with van der Waals surface area (Å²) in [6, 6.07) is 0. The molecule has 1 aliphatic heterocycles. The van der Waals surface area contributed by atoms with Crippen molar-refractivity contribution in [2.24, 2.45) is 16.6 Å². The summed E-state index contributed by atoms with van der Waals surface area (Å²) in [6.07, 6.45) is 2.01. The van der Waals surface area contributed by atoms with Gasteiger partial charge in [-0.1, -0.05) is 0 Å². The molecule has 1 saturated heterocycles. The number of aliphatic imine (C=N–C) groups is 1. The lowest BCUT2D eigenvalue weighted by Crippen LogP contribution is -2.34. The minimum atomic E-state index is 0.469. The van der Waals surface area contributed by atoms with E-state index in [-0.39, 0.29) is 0 Å². The van der Waals surface area contributed by atoms with Gasteiger partial charge < -0.3 is 25.3 Å². The normalized spacial score (nSPS) is 20.3. The van der Waals surface area contributed by atoms with E-state index in [4.69, 9.17) is 19.9 Å². The third kappa shape index (κ3) is 7.47. The van der Waals surface area contributed by atoms with Gasteiger partial charge >= 0.3 is 0 Å². The Morgan fingerprint density at radius 3 is 3.11 bits per heavy atom. The molecule has 1 rings (SSSR count). The highest BCUT2D eigenvalue weighted by Crippen LogP contribution is 2.12. The summed E-state index contributed by atoms with van der Waals surface area (Å²) >= 11 is 0. The lowest BCUT2D eigenvalue weighted by atomic mass is 10.1. The number of guanidine groups is 1. The van der Waals surface area contributed by atoms with Gasteiger partial charge in [0.1, 0.15) is 0 Å². The van der Waals surface area contributed by atoms with Crippen LogP contribution in [-0.4, -0.2) is 59.2 Å². The highest BCUT2D eigenvalue weighted by molar-refractivity contribution is 5.77. The Hall–Kier alpha value is -0.850. The first kappa shape index (κ1) is 15.2. The molecule has 0 aromatic carbocycles. The third-order valence-corrected chi connectivity index (χ3v) is 2.72. The molecule has 1 aliphatic rings. The summed E-state index contributed by atoms with van der Waals surface area (Å²) < 4.78 is 15.7. The van der Waals surface area contributed by atoms with Gasteiger partial charge in [-0.25, -0.2) is 0 Å². The van der Waals surface area contributed by atoms with Gasteiger partial charge in [0.05, 0.1) is 19.8 Å². The zero-order valence-electron chi connectivity index (χ0n) is 11.2. The molecule has 18 heavy (non-hydrogen) atoms. The van der Waals surface area contributed by atoms with Crippen molar-refractivity contribution in [1.29, 1.82) is 0 Å². The van der Waals surface area contributed by atoms with Crippen molar-refractivity contribution >= 4 is 5.96 Å². The first-order valence-corrected chi connectivity index (χ1v) is 6.51. The van der Waals surface area contributed by atoms with E-state index in [0.29, 0.717) is 31.6 Å². The molecule has 1 heterocycles. The van der Waals surface area contributed by atoms with E-state index in [1.54, 1.807) is 7.11 Å². The van der Waals surface area contributed by atoms with Crippen molar-refractivity contribution in [1.82, 2.24) is 5.32 Å². The molecule has 1 unspecified atom stereocenters. The highest BCUT2D eigenvalue weighted by atomic mass is 16.5. The van der Waals surface area contributed by atoms with Crippen LogP contribution in [0.5, 0.6) is 0 Å². The Morgan fingerprint density at radius 1 is 1.50 bits per heavy atom. The molecule has 6 heteroatoms. The third-order valence-electron chi connectivity index (χ3n) is 2.72. The molecule has 0 bridgehead atoms. The minimum absolute atomic E-state index is 0.469. The summed E-state index contributed by atoms with van der Waals surface area (Å²) in [4.78, 5) is 4.19. The Kier molecular flexibility index (Phi) is 8.54. The van der Waals surface area contributed by atoms with Crippen molar-refractivity contribution in [3.05, 3.63) is 0 Å². The standard InChI is InChI=1S/C12H25N3O3/c1-16-8-5-15-12(13)14-4-2-6-17-9-11-3-7-18-10-11/h11H,2-10H2,1H3,(H3,13,14,15). The van der Waals surface area contributed by atoms with E-state index in [1.165, 1.54) is 0 Å². The Morgan fingerprint density at radius 2 is 2.39 bits per heavy atom. The molecule has 0 spiro atoms. The number of nitrogens with two attached hydrogens (primary N) is 1. The lowest BCUT2D eigenvalue weighted by Gasteiger charge is -2.08. The lowest BCUT2D eigenvalue weighted by molar-refractivity contribution is 0.0893. The first-order chi connectivity index (χ1) is 8.83. The Balaban J connectivity index is 1.88. The van der Waals surface area contributed by atoms with Crippen LogP contribution in [0.4, 0.5) is 0 Å². The second-order valence-electron chi connectivity index (χ2n) is 4.34. The van der Waals surface area contributed by atoms with E-state index in [9.17, 15) is 0 Å². The van der Waals surface area contributed by atoms with Crippen LogP contribution in [-0.2, 0) is 14.2 Å². The molecule has 0 radical (unpaired) electrons. The molecule has 1 atom stereocenters. The van der Waals surface area contributed by atoms with Gasteiger partial charge in [-0.05, 0) is 12.8 Å². The Bertz CT molecular complexity index is 231. The summed E-state index contributed by atoms with van der Waals surface area (Å²) in [5.41, 5.74) is 5.65. The summed E-state index contributed by atoms with van der Waals surface area (Å²) in [5, 5.41) is 2.96. The monoisotopic (exact) mass is 259 g/mol. The maximum Gasteiger partial charge on any atom is 0.188 e. The number of ether oxygens (including phenoxy) is 3. The largest absolute Gasteiger partial charge is 0.383 e. The fourth-order valence-corrected chi connectivity index (χ4v) is 1.67. The smallest absolute Gasteiger partial charge is 0.188 e. The van der Waals surface area contributed by atoms with E-state index in [2.05, 4.69) is 10.3 Å². The van der Waals surface area contributed by atoms with Crippen LogP contribution in [0.15, 0.2) is 4.99 Å². The topological polar surface area (TPSA) is 78.1 Å². The molecule has 0 aromatic rings. The molecular weight excluding hydrogens is 234 g/mol. The number of hydrogen-bond acceptors (Lipinski definition) is 4. The fraction of sp³-hybridized carbons (Fsp3) is 0.917.